The van der Waals surface area contributed by atoms with Crippen LogP contribution >= 0.6 is 0 Å². The smallest absolute Gasteiger partial charge is 0.102 e. The van der Waals surface area contributed by atoms with Crippen LogP contribution in [0, 0.1) is 11.3 Å². The van der Waals surface area contributed by atoms with Gasteiger partial charge in [0.25, 0.3) is 0 Å². The van der Waals surface area contributed by atoms with Crippen LogP contribution in [0.2, 0.25) is 0 Å². The Morgan fingerprint density at radius 1 is 1.18 bits per heavy atom. The number of nitrogens with zero attached hydrogens (tertiary/aromatic N) is 1. The number of anilines is 1. The van der Waals surface area contributed by atoms with Gasteiger partial charge in [-0.05, 0) is 77.1 Å². The normalized spacial score (nSPS) is 12.2. The molecular weight excluding hydrogens is 340 g/mol. The highest BCUT2D eigenvalue weighted by Gasteiger charge is 2.22. The van der Waals surface area contributed by atoms with Crippen molar-refractivity contribution in [2.75, 3.05) is 11.9 Å². The van der Waals surface area contributed by atoms with Crippen molar-refractivity contribution < 1.29 is 0 Å². The second-order valence-corrected chi connectivity index (χ2v) is 7.80. The molecule has 3 rings (SSSR count). The van der Waals surface area contributed by atoms with Crippen molar-refractivity contribution in [3.8, 4) is 17.2 Å². The van der Waals surface area contributed by atoms with E-state index >= 15 is 0 Å². The Kier molecular flexibility index (Phi) is 5.88. The molecule has 0 aromatic heterocycles. The Hall–Kier alpha value is -3.01. The minimum Gasteiger partial charge on any atom is -0.380 e. The Labute approximate surface area is 168 Å². The zero-order chi connectivity index (χ0) is 20.3. The molecule has 0 amide bonds. The summed E-state index contributed by atoms with van der Waals surface area (Å²) in [6.45, 7) is 14.7. The maximum atomic E-state index is 9.82. The number of hydrogen-bond donors (Lipinski definition) is 1. The molecule has 2 nitrogen and oxygen atoms in total. The molecule has 0 unspecified atom stereocenters. The van der Waals surface area contributed by atoms with Gasteiger partial charge in [-0.25, -0.2) is 0 Å². The van der Waals surface area contributed by atoms with E-state index in [2.05, 4.69) is 74.5 Å². The molecule has 2 heteroatoms. The van der Waals surface area contributed by atoms with Crippen LogP contribution in [0.5, 0.6) is 0 Å². The second-order valence-electron chi connectivity index (χ2n) is 7.80. The zero-order valence-corrected chi connectivity index (χ0v) is 17.2. The topological polar surface area (TPSA) is 35.8 Å². The lowest BCUT2D eigenvalue weighted by Crippen LogP contribution is -2.08. The molecule has 0 spiro atoms. The second kappa shape index (κ2) is 8.34. The molecule has 1 N–H and O–H groups in total. The number of hydrogen-bond acceptors (Lipinski definition) is 2. The molecule has 1 aliphatic rings. The third-order valence-electron chi connectivity index (χ3n) is 5.69. The molecule has 0 bridgehead atoms. The van der Waals surface area contributed by atoms with Gasteiger partial charge in [-0.2, -0.15) is 5.26 Å². The summed E-state index contributed by atoms with van der Waals surface area (Å²) < 4.78 is 0. The summed E-state index contributed by atoms with van der Waals surface area (Å²) in [5.41, 5.74) is 12.8. The van der Waals surface area contributed by atoms with Crippen LogP contribution in [-0.4, -0.2) is 6.54 Å². The molecule has 0 aliphatic heterocycles. The number of nitrogens with one attached hydrogen (secondary N) is 1. The van der Waals surface area contributed by atoms with Crippen LogP contribution in [0.3, 0.4) is 0 Å². The van der Waals surface area contributed by atoms with E-state index in [1.165, 1.54) is 27.8 Å². The van der Waals surface area contributed by atoms with Gasteiger partial charge in [0.15, 0.2) is 0 Å². The van der Waals surface area contributed by atoms with Gasteiger partial charge in [0.2, 0.25) is 0 Å². The Morgan fingerprint density at radius 2 is 1.86 bits per heavy atom. The predicted octanol–water partition coefficient (Wildman–Crippen LogP) is 6.54. The lowest BCUT2D eigenvalue weighted by atomic mass is 9.91. The van der Waals surface area contributed by atoms with Crippen LogP contribution in [-0.2, 0) is 12.8 Å². The van der Waals surface area contributed by atoms with Gasteiger partial charge in [-0.3, -0.25) is 0 Å². The number of nitriles is 1. The summed E-state index contributed by atoms with van der Waals surface area (Å²) in [6, 6.07) is 13.4. The van der Waals surface area contributed by atoms with Crippen molar-refractivity contribution in [2.45, 2.75) is 46.0 Å². The molecule has 0 atom stereocenters. The van der Waals surface area contributed by atoms with Crippen LogP contribution in [0.4, 0.5) is 5.69 Å². The number of fused-ring (bicyclic) bond motifs is 1. The minimum atomic E-state index is 0.519. The van der Waals surface area contributed by atoms with Crippen molar-refractivity contribution in [1.82, 2.24) is 0 Å². The Balaban J connectivity index is 2.04. The van der Waals surface area contributed by atoms with Crippen molar-refractivity contribution in [2.24, 2.45) is 0 Å². The molecule has 28 heavy (non-hydrogen) atoms. The summed E-state index contributed by atoms with van der Waals surface area (Å²) in [6.07, 6.45) is 3.11. The fraction of sp³-hybridized carbons (Fsp3) is 0.308. The van der Waals surface area contributed by atoms with Crippen molar-refractivity contribution >= 4 is 5.69 Å². The molecule has 0 fully saturated rings. The van der Waals surface area contributed by atoms with Gasteiger partial charge in [0.1, 0.15) is 6.07 Å². The monoisotopic (exact) mass is 368 g/mol. The maximum absolute atomic E-state index is 9.82. The van der Waals surface area contributed by atoms with Gasteiger partial charge in [0, 0.05) is 6.54 Å². The van der Waals surface area contributed by atoms with Gasteiger partial charge in [0.05, 0.1) is 11.3 Å². The molecule has 0 saturated carbocycles. The molecule has 2 aromatic carbocycles. The largest absolute Gasteiger partial charge is 0.380 e. The average Bonchev–Trinajstić information content (AvgIpc) is 3.20. The molecule has 142 valence electrons. The molecular formula is C26H28N2. The quantitative estimate of drug-likeness (QED) is 0.464. The average molecular weight is 369 g/mol. The first kappa shape index (κ1) is 19.7. The van der Waals surface area contributed by atoms with Crippen LogP contribution < -0.4 is 5.32 Å². The first-order valence-electron chi connectivity index (χ1n) is 9.94. The maximum Gasteiger partial charge on any atom is 0.102 e. The summed E-state index contributed by atoms with van der Waals surface area (Å²) >= 11 is 0. The molecule has 0 saturated heterocycles. The third kappa shape index (κ3) is 3.81. The van der Waals surface area contributed by atoms with Crippen LogP contribution in [0.1, 0.15) is 55.4 Å². The van der Waals surface area contributed by atoms with Gasteiger partial charge in [-0.1, -0.05) is 51.3 Å². The summed E-state index contributed by atoms with van der Waals surface area (Å²) in [7, 11) is 0. The van der Waals surface area contributed by atoms with Crippen molar-refractivity contribution in [3.05, 3.63) is 82.6 Å². The predicted molar refractivity (Wildman–Crippen MR) is 119 cm³/mol. The summed E-state index contributed by atoms with van der Waals surface area (Å²) in [4.78, 5) is 0. The van der Waals surface area contributed by atoms with E-state index in [0.717, 1.165) is 41.7 Å². The van der Waals surface area contributed by atoms with Crippen LogP contribution in [0.15, 0.2) is 60.4 Å². The fourth-order valence-electron chi connectivity index (χ4n) is 3.81. The fourth-order valence-corrected chi connectivity index (χ4v) is 3.81. The van der Waals surface area contributed by atoms with E-state index in [-0.39, 0.29) is 0 Å². The lowest BCUT2D eigenvalue weighted by Gasteiger charge is -2.17. The van der Waals surface area contributed by atoms with E-state index in [1.54, 1.807) is 0 Å². The summed E-state index contributed by atoms with van der Waals surface area (Å²) in [5.74, 6) is 0.519. The van der Waals surface area contributed by atoms with E-state index in [9.17, 15) is 5.26 Å². The first-order chi connectivity index (χ1) is 13.5. The molecule has 0 heterocycles. The van der Waals surface area contributed by atoms with Gasteiger partial charge < -0.3 is 5.32 Å². The van der Waals surface area contributed by atoms with Gasteiger partial charge in [-0.15, -0.1) is 5.73 Å². The van der Waals surface area contributed by atoms with Crippen molar-refractivity contribution in [3.63, 3.8) is 0 Å². The highest BCUT2D eigenvalue weighted by Crippen LogP contribution is 2.39. The molecule has 2 aromatic rings. The molecule has 0 radical (unpaired) electrons. The van der Waals surface area contributed by atoms with E-state index < -0.39 is 0 Å². The van der Waals surface area contributed by atoms with Crippen molar-refractivity contribution in [1.29, 1.82) is 5.26 Å². The zero-order valence-electron chi connectivity index (χ0n) is 17.2. The summed E-state index contributed by atoms with van der Waals surface area (Å²) in [5, 5.41) is 13.3. The van der Waals surface area contributed by atoms with E-state index in [4.69, 9.17) is 0 Å². The lowest BCUT2D eigenvalue weighted by molar-refractivity contribution is 0.867. The minimum absolute atomic E-state index is 0.519. The molecule has 1 aliphatic carbocycles. The highest BCUT2D eigenvalue weighted by molar-refractivity contribution is 5.79. The number of benzene rings is 2. The Morgan fingerprint density at radius 3 is 2.46 bits per heavy atom. The van der Waals surface area contributed by atoms with E-state index in [0.29, 0.717) is 12.5 Å². The van der Waals surface area contributed by atoms with Crippen LogP contribution in [0.25, 0.3) is 11.1 Å². The van der Waals surface area contributed by atoms with Gasteiger partial charge >= 0.3 is 0 Å². The SMILES string of the molecule is C=C=C(C)C(=C)CNc1cc(-c2ccc(C(C)C)cc2)c2c(c1C#N)CCC2. The highest BCUT2D eigenvalue weighted by atomic mass is 14.9. The first-order valence-corrected chi connectivity index (χ1v) is 9.94. The standard InChI is InChI=1S/C26H28N2/c1-6-18(4)19(5)16-28-26-14-24(21-12-10-20(11-13-21)17(2)3)22-8-7-9-23(22)25(26)15-27/h10-14,17,28H,1,5,7-9,16H2,2-4H3. The third-order valence-corrected chi connectivity index (χ3v) is 5.69. The van der Waals surface area contributed by atoms with E-state index in [1.807, 2.05) is 6.92 Å². The Bertz CT molecular complexity index is 994. The number of rotatable bonds is 6.